The molecule has 1 spiro atoms. The predicted octanol–water partition coefficient (Wildman–Crippen LogP) is 6.09. The largest absolute Gasteiger partial charge is 0.454 e. The fourth-order valence-corrected chi connectivity index (χ4v) is 6.14. The predicted molar refractivity (Wildman–Crippen MR) is 131 cm³/mol. The lowest BCUT2D eigenvalue weighted by atomic mass is 9.73. The molecule has 0 bridgehead atoms. The van der Waals surface area contributed by atoms with E-state index < -0.39 is 33.8 Å². The molecule has 1 unspecified atom stereocenters. The van der Waals surface area contributed by atoms with Gasteiger partial charge in [0.25, 0.3) is 5.91 Å². The number of hydrogen-bond acceptors (Lipinski definition) is 4. The van der Waals surface area contributed by atoms with Crippen molar-refractivity contribution < 1.29 is 35.5 Å². The van der Waals surface area contributed by atoms with Crippen molar-refractivity contribution in [3.63, 3.8) is 0 Å². The molecule has 2 aromatic rings. The van der Waals surface area contributed by atoms with Crippen LogP contribution in [0.25, 0.3) is 0 Å². The SMILES string of the molecule is CC(c1cc(F)cc(Oc2c(Cl)ccc(C(=O)N3CCC4(CC3)CN(S(C)(=O)=O)C4)c2Cl)c1)C(F)(F)F. The zero-order valence-electron chi connectivity index (χ0n) is 19.9. The summed E-state index contributed by atoms with van der Waals surface area (Å²) in [6.07, 6.45) is -2.16. The maximum atomic E-state index is 14.1. The molecule has 1 atom stereocenters. The van der Waals surface area contributed by atoms with Gasteiger partial charge in [0, 0.05) is 37.7 Å². The van der Waals surface area contributed by atoms with Crippen molar-refractivity contribution in [1.82, 2.24) is 9.21 Å². The van der Waals surface area contributed by atoms with Crippen LogP contribution in [0, 0.1) is 11.2 Å². The molecule has 0 N–H and O–H groups in total. The van der Waals surface area contributed by atoms with Crippen molar-refractivity contribution in [2.75, 3.05) is 32.4 Å². The van der Waals surface area contributed by atoms with E-state index in [1.807, 2.05) is 0 Å². The normalized spacial score (nSPS) is 19.0. The summed E-state index contributed by atoms with van der Waals surface area (Å²) in [6.45, 7) is 2.55. The van der Waals surface area contributed by atoms with Crippen LogP contribution in [0.1, 0.15) is 41.6 Å². The van der Waals surface area contributed by atoms with E-state index in [0.29, 0.717) is 39.0 Å². The van der Waals surface area contributed by atoms with Gasteiger partial charge in [-0.15, -0.1) is 0 Å². The molecule has 2 aliphatic rings. The second-order valence-corrected chi connectivity index (χ2v) is 12.4. The molecule has 2 aliphatic heterocycles. The lowest BCUT2D eigenvalue weighted by molar-refractivity contribution is -0.146. The van der Waals surface area contributed by atoms with Crippen molar-refractivity contribution in [2.24, 2.45) is 5.41 Å². The Morgan fingerprint density at radius 3 is 2.30 bits per heavy atom. The van der Waals surface area contributed by atoms with Gasteiger partial charge in [-0.3, -0.25) is 4.79 Å². The van der Waals surface area contributed by atoms with E-state index in [0.717, 1.165) is 25.1 Å². The van der Waals surface area contributed by atoms with Gasteiger partial charge in [-0.25, -0.2) is 17.1 Å². The number of amides is 1. The van der Waals surface area contributed by atoms with E-state index in [4.69, 9.17) is 27.9 Å². The van der Waals surface area contributed by atoms with Crippen LogP contribution in [0.3, 0.4) is 0 Å². The Morgan fingerprint density at radius 1 is 1.11 bits per heavy atom. The molecule has 13 heteroatoms. The highest BCUT2D eigenvalue weighted by Gasteiger charge is 2.48. The van der Waals surface area contributed by atoms with Crippen LogP contribution >= 0.6 is 23.2 Å². The van der Waals surface area contributed by atoms with Crippen LogP contribution in [0.4, 0.5) is 17.6 Å². The molecule has 2 aromatic carbocycles. The number of carbonyl (C=O) groups is 1. The van der Waals surface area contributed by atoms with Crippen LogP contribution in [-0.4, -0.2) is 62.1 Å². The first kappa shape index (κ1) is 27.9. The zero-order valence-corrected chi connectivity index (χ0v) is 22.2. The van der Waals surface area contributed by atoms with Crippen LogP contribution in [0.15, 0.2) is 30.3 Å². The molecular formula is C24H24Cl2F4N2O4S. The van der Waals surface area contributed by atoms with Crippen molar-refractivity contribution in [2.45, 2.75) is 31.9 Å². The summed E-state index contributed by atoms with van der Waals surface area (Å²) < 4.78 is 83.9. The van der Waals surface area contributed by atoms with Gasteiger partial charge in [0.2, 0.25) is 10.0 Å². The standard InChI is InChI=1S/C24H24Cl2F4N2O4S/c1-14(24(28,29)30)15-9-16(27)11-17(10-15)36-21-19(25)4-3-18(20(21)26)22(33)31-7-5-23(6-8-31)12-32(13-23)37(2,34)35/h3-4,9-11,14H,5-8,12-13H2,1-2H3. The average Bonchev–Trinajstić information content (AvgIpc) is 2.78. The highest BCUT2D eigenvalue weighted by molar-refractivity contribution is 7.88. The maximum absolute atomic E-state index is 14.1. The number of benzene rings is 2. The Kier molecular flexibility index (Phi) is 7.48. The lowest BCUT2D eigenvalue weighted by Gasteiger charge is -2.52. The topological polar surface area (TPSA) is 66.9 Å². The quantitative estimate of drug-likeness (QED) is 0.400. The summed E-state index contributed by atoms with van der Waals surface area (Å²) in [5.74, 6) is -3.70. The number of hydrogen-bond donors (Lipinski definition) is 0. The minimum Gasteiger partial charge on any atom is -0.454 e. The Balaban J connectivity index is 1.51. The highest BCUT2D eigenvalue weighted by Crippen LogP contribution is 2.44. The maximum Gasteiger partial charge on any atom is 0.395 e. The first-order valence-electron chi connectivity index (χ1n) is 11.4. The van der Waals surface area contributed by atoms with E-state index in [1.54, 1.807) is 4.90 Å². The minimum absolute atomic E-state index is 0.0100. The summed E-state index contributed by atoms with van der Waals surface area (Å²) in [7, 11) is -3.24. The molecule has 2 fully saturated rings. The van der Waals surface area contributed by atoms with Crippen LogP contribution in [-0.2, 0) is 10.0 Å². The fraction of sp³-hybridized carbons (Fsp3) is 0.458. The molecule has 0 saturated carbocycles. The number of sulfonamides is 1. The molecule has 1 amide bonds. The Labute approximate surface area is 222 Å². The third-order valence-electron chi connectivity index (χ3n) is 6.99. The molecule has 202 valence electrons. The monoisotopic (exact) mass is 582 g/mol. The van der Waals surface area contributed by atoms with Gasteiger partial charge >= 0.3 is 6.18 Å². The summed E-state index contributed by atoms with van der Waals surface area (Å²) in [6, 6.07) is 5.51. The van der Waals surface area contributed by atoms with E-state index in [1.165, 1.54) is 22.7 Å². The number of nitrogens with zero attached hydrogens (tertiary/aromatic N) is 2. The molecular weight excluding hydrogens is 559 g/mol. The number of likely N-dealkylation sites (tertiary alicyclic amines) is 1. The van der Waals surface area contributed by atoms with Crippen LogP contribution < -0.4 is 4.74 Å². The van der Waals surface area contributed by atoms with Crippen molar-refractivity contribution >= 4 is 39.1 Å². The molecule has 37 heavy (non-hydrogen) atoms. The van der Waals surface area contributed by atoms with Gasteiger partial charge in [0.15, 0.2) is 5.75 Å². The summed E-state index contributed by atoms with van der Waals surface area (Å²) >= 11 is 12.7. The van der Waals surface area contributed by atoms with Gasteiger partial charge in [-0.2, -0.15) is 13.2 Å². The molecule has 6 nitrogen and oxygen atoms in total. The Morgan fingerprint density at radius 2 is 1.73 bits per heavy atom. The number of piperidine rings is 1. The second kappa shape index (κ2) is 9.91. The molecule has 0 aromatic heterocycles. The lowest BCUT2D eigenvalue weighted by Crippen LogP contribution is -2.61. The average molecular weight is 583 g/mol. The number of alkyl halides is 3. The number of rotatable bonds is 5. The zero-order chi connectivity index (χ0) is 27.3. The third-order valence-corrected chi connectivity index (χ3v) is 8.86. The molecule has 0 radical (unpaired) electrons. The van der Waals surface area contributed by atoms with E-state index in [-0.39, 0.29) is 38.1 Å². The van der Waals surface area contributed by atoms with E-state index >= 15 is 0 Å². The number of carbonyl (C=O) groups excluding carboxylic acids is 1. The van der Waals surface area contributed by atoms with Crippen molar-refractivity contribution in [1.29, 1.82) is 0 Å². The minimum atomic E-state index is -4.58. The molecule has 4 rings (SSSR count). The van der Waals surface area contributed by atoms with Crippen LogP contribution in [0.2, 0.25) is 10.0 Å². The van der Waals surface area contributed by atoms with Gasteiger partial charge in [-0.05, 0) is 49.6 Å². The van der Waals surface area contributed by atoms with Gasteiger partial charge in [-0.1, -0.05) is 23.2 Å². The molecule has 2 saturated heterocycles. The Bertz CT molecular complexity index is 1320. The summed E-state index contributed by atoms with van der Waals surface area (Å²) in [4.78, 5) is 14.8. The highest BCUT2D eigenvalue weighted by atomic mass is 35.5. The first-order chi connectivity index (χ1) is 17.1. The van der Waals surface area contributed by atoms with Gasteiger partial charge in [0.05, 0.1) is 27.8 Å². The third kappa shape index (κ3) is 5.84. The van der Waals surface area contributed by atoms with E-state index in [9.17, 15) is 30.8 Å². The van der Waals surface area contributed by atoms with Crippen LogP contribution in [0.5, 0.6) is 11.5 Å². The molecule has 2 heterocycles. The van der Waals surface area contributed by atoms with Crippen molar-refractivity contribution in [3.05, 3.63) is 57.3 Å². The van der Waals surface area contributed by atoms with Gasteiger partial charge < -0.3 is 9.64 Å². The summed E-state index contributed by atoms with van der Waals surface area (Å²) in [5.41, 5.74) is -0.418. The van der Waals surface area contributed by atoms with Gasteiger partial charge in [0.1, 0.15) is 11.6 Å². The van der Waals surface area contributed by atoms with E-state index in [2.05, 4.69) is 0 Å². The second-order valence-electron chi connectivity index (χ2n) is 9.65. The number of halogens is 6. The summed E-state index contributed by atoms with van der Waals surface area (Å²) in [5, 5.41) is -0.163. The Hall–Kier alpha value is -2.08. The first-order valence-corrected chi connectivity index (χ1v) is 14.0. The number of ether oxygens (including phenoxy) is 1. The van der Waals surface area contributed by atoms with Crippen molar-refractivity contribution in [3.8, 4) is 11.5 Å². The fourth-order valence-electron chi connectivity index (χ4n) is 4.60. The smallest absolute Gasteiger partial charge is 0.395 e. The molecule has 0 aliphatic carbocycles.